The Hall–Kier alpha value is -1.08. The van der Waals surface area contributed by atoms with Gasteiger partial charge in [0, 0.05) is 14.5 Å². The Balaban J connectivity index is 2.05. The van der Waals surface area contributed by atoms with Crippen LogP contribution in [0.25, 0.3) is 11.5 Å². The summed E-state index contributed by atoms with van der Waals surface area (Å²) in [6, 6.07) is 5.49. The molecule has 110 valence electrons. The second kappa shape index (κ2) is 5.96. The summed E-state index contributed by atoms with van der Waals surface area (Å²) in [5, 5.41) is 0.606. The molecule has 0 aliphatic heterocycles. The van der Waals surface area contributed by atoms with Crippen LogP contribution in [-0.4, -0.2) is 17.6 Å². The molecule has 1 fully saturated rings. The fourth-order valence-corrected chi connectivity index (χ4v) is 2.82. The first-order valence-electron chi connectivity index (χ1n) is 6.73. The molecule has 2 aromatic rings. The first kappa shape index (κ1) is 14.8. The average molecular weight is 418 g/mol. The molecule has 0 unspecified atom stereocenters. The molecule has 1 aromatic heterocycles. The zero-order valence-electron chi connectivity index (χ0n) is 11.4. The Morgan fingerprint density at radius 1 is 1.52 bits per heavy atom. The van der Waals surface area contributed by atoms with Crippen LogP contribution in [0.1, 0.15) is 41.9 Å². The number of carbonyl (C=O) groups is 1. The SMILES string of the molecule is CCOC(=O)c1oc(-c2cc(Cl)ccc2I)nc1C1CC1. The molecule has 0 spiro atoms. The number of nitrogens with zero attached hydrogens (tertiary/aromatic N) is 1. The highest BCUT2D eigenvalue weighted by Gasteiger charge is 2.34. The predicted molar refractivity (Wildman–Crippen MR) is 87.6 cm³/mol. The molecule has 6 heteroatoms. The molecule has 3 rings (SSSR count). The van der Waals surface area contributed by atoms with Gasteiger partial charge in [0.1, 0.15) is 0 Å². The van der Waals surface area contributed by atoms with E-state index < -0.39 is 5.97 Å². The maximum Gasteiger partial charge on any atom is 0.376 e. The summed E-state index contributed by atoms with van der Waals surface area (Å²) in [6.07, 6.45) is 2.07. The highest BCUT2D eigenvalue weighted by molar-refractivity contribution is 14.1. The lowest BCUT2D eigenvalue weighted by Gasteiger charge is -2.00. The van der Waals surface area contributed by atoms with Gasteiger partial charge in [-0.2, -0.15) is 0 Å². The van der Waals surface area contributed by atoms with E-state index in [2.05, 4.69) is 27.6 Å². The molecule has 0 N–H and O–H groups in total. The van der Waals surface area contributed by atoms with Crippen molar-refractivity contribution in [2.75, 3.05) is 6.61 Å². The fraction of sp³-hybridized carbons (Fsp3) is 0.333. The van der Waals surface area contributed by atoms with E-state index in [1.807, 2.05) is 12.1 Å². The van der Waals surface area contributed by atoms with Crippen LogP contribution in [0, 0.1) is 3.57 Å². The maximum absolute atomic E-state index is 12.0. The Bertz CT molecular complexity index is 694. The van der Waals surface area contributed by atoms with Crippen molar-refractivity contribution in [2.45, 2.75) is 25.7 Å². The number of hydrogen-bond donors (Lipinski definition) is 0. The second-order valence-corrected chi connectivity index (χ2v) is 6.45. The number of aromatic nitrogens is 1. The Kier molecular flexibility index (Phi) is 4.21. The second-order valence-electron chi connectivity index (χ2n) is 4.85. The minimum Gasteiger partial charge on any atom is -0.460 e. The van der Waals surface area contributed by atoms with Crippen molar-refractivity contribution < 1.29 is 13.9 Å². The fourth-order valence-electron chi connectivity index (χ4n) is 2.08. The molecule has 0 amide bonds. The number of esters is 1. The molecule has 1 aliphatic carbocycles. The predicted octanol–water partition coefficient (Wildman–Crippen LogP) is 4.65. The zero-order chi connectivity index (χ0) is 15.0. The van der Waals surface area contributed by atoms with E-state index in [4.69, 9.17) is 20.8 Å². The van der Waals surface area contributed by atoms with E-state index in [0.29, 0.717) is 29.1 Å². The van der Waals surface area contributed by atoms with Crippen LogP contribution in [0.4, 0.5) is 0 Å². The number of hydrogen-bond acceptors (Lipinski definition) is 4. The van der Waals surface area contributed by atoms with E-state index in [9.17, 15) is 4.79 Å². The zero-order valence-corrected chi connectivity index (χ0v) is 14.3. The van der Waals surface area contributed by atoms with Crippen molar-refractivity contribution in [3.8, 4) is 11.5 Å². The van der Waals surface area contributed by atoms with Gasteiger partial charge in [-0.15, -0.1) is 0 Å². The summed E-state index contributed by atoms with van der Waals surface area (Å²) >= 11 is 8.23. The van der Waals surface area contributed by atoms with E-state index >= 15 is 0 Å². The highest BCUT2D eigenvalue weighted by Crippen LogP contribution is 2.43. The molecule has 0 atom stereocenters. The number of ether oxygens (including phenoxy) is 1. The van der Waals surface area contributed by atoms with Crippen LogP contribution < -0.4 is 0 Å². The molecule has 1 heterocycles. The molecule has 21 heavy (non-hydrogen) atoms. The van der Waals surface area contributed by atoms with Gasteiger partial charge < -0.3 is 9.15 Å². The molecule has 4 nitrogen and oxygen atoms in total. The maximum atomic E-state index is 12.0. The summed E-state index contributed by atoms with van der Waals surface area (Å²) in [7, 11) is 0. The number of halogens is 2. The monoisotopic (exact) mass is 417 g/mol. The van der Waals surface area contributed by atoms with E-state index in [-0.39, 0.29) is 5.76 Å². The highest BCUT2D eigenvalue weighted by atomic mass is 127. The van der Waals surface area contributed by atoms with E-state index in [1.165, 1.54) is 0 Å². The van der Waals surface area contributed by atoms with Gasteiger partial charge >= 0.3 is 5.97 Å². The molecular formula is C15H13ClINO3. The summed E-state index contributed by atoms with van der Waals surface area (Å²) in [5.74, 6) is 0.505. The van der Waals surface area contributed by atoms with Crippen LogP contribution in [0.5, 0.6) is 0 Å². The van der Waals surface area contributed by atoms with E-state index in [1.54, 1.807) is 13.0 Å². The Morgan fingerprint density at radius 3 is 2.95 bits per heavy atom. The minimum absolute atomic E-state index is 0.227. The Labute approximate surface area is 141 Å². The third kappa shape index (κ3) is 3.08. The summed E-state index contributed by atoms with van der Waals surface area (Å²) in [4.78, 5) is 16.5. The van der Waals surface area contributed by atoms with Crippen LogP contribution in [0.2, 0.25) is 5.02 Å². The average Bonchev–Trinajstić information content (AvgIpc) is 3.21. The van der Waals surface area contributed by atoms with Crippen molar-refractivity contribution in [2.24, 2.45) is 0 Å². The van der Waals surface area contributed by atoms with Crippen molar-refractivity contribution in [1.82, 2.24) is 4.98 Å². The van der Waals surface area contributed by atoms with Gasteiger partial charge in [0.25, 0.3) is 0 Å². The summed E-state index contributed by atoms with van der Waals surface area (Å²) in [5.41, 5.74) is 1.50. The topological polar surface area (TPSA) is 52.3 Å². The van der Waals surface area contributed by atoms with Crippen molar-refractivity contribution >= 4 is 40.2 Å². The molecular weight excluding hydrogens is 405 g/mol. The number of rotatable bonds is 4. The van der Waals surface area contributed by atoms with Gasteiger partial charge in [-0.25, -0.2) is 9.78 Å². The standard InChI is InChI=1S/C15H13ClINO3/c1-2-20-15(19)13-12(8-3-4-8)18-14(21-13)10-7-9(16)5-6-11(10)17/h5-8H,2-4H2,1H3. The Morgan fingerprint density at radius 2 is 2.29 bits per heavy atom. The van der Waals surface area contributed by atoms with Crippen molar-refractivity contribution in [3.05, 3.63) is 38.2 Å². The molecule has 1 aliphatic rings. The van der Waals surface area contributed by atoms with Gasteiger partial charge in [0.05, 0.1) is 17.9 Å². The van der Waals surface area contributed by atoms with Gasteiger partial charge in [-0.1, -0.05) is 11.6 Å². The molecule has 1 saturated carbocycles. The van der Waals surface area contributed by atoms with Gasteiger partial charge in [-0.3, -0.25) is 0 Å². The third-order valence-electron chi connectivity index (χ3n) is 3.24. The molecule has 1 aromatic carbocycles. The first-order valence-corrected chi connectivity index (χ1v) is 8.19. The number of carbonyl (C=O) groups excluding carboxylic acids is 1. The largest absolute Gasteiger partial charge is 0.460 e. The summed E-state index contributed by atoms with van der Waals surface area (Å²) in [6.45, 7) is 2.08. The molecule has 0 bridgehead atoms. The van der Waals surface area contributed by atoms with Crippen LogP contribution in [-0.2, 0) is 4.74 Å². The first-order chi connectivity index (χ1) is 10.1. The quantitative estimate of drug-likeness (QED) is 0.536. The number of oxazole rings is 1. The summed E-state index contributed by atoms with van der Waals surface area (Å²) < 4.78 is 11.7. The van der Waals surface area contributed by atoms with Gasteiger partial charge in [0.2, 0.25) is 11.7 Å². The molecule has 0 radical (unpaired) electrons. The lowest BCUT2D eigenvalue weighted by molar-refractivity contribution is 0.0489. The van der Waals surface area contributed by atoms with E-state index in [0.717, 1.165) is 22.0 Å². The van der Waals surface area contributed by atoms with Crippen LogP contribution in [0.15, 0.2) is 22.6 Å². The molecule has 0 saturated heterocycles. The van der Waals surface area contributed by atoms with Crippen LogP contribution >= 0.6 is 34.2 Å². The third-order valence-corrected chi connectivity index (χ3v) is 4.41. The minimum atomic E-state index is -0.449. The van der Waals surface area contributed by atoms with Crippen molar-refractivity contribution in [1.29, 1.82) is 0 Å². The smallest absolute Gasteiger partial charge is 0.376 e. The van der Waals surface area contributed by atoms with Crippen LogP contribution in [0.3, 0.4) is 0 Å². The van der Waals surface area contributed by atoms with Crippen molar-refractivity contribution in [3.63, 3.8) is 0 Å². The lowest BCUT2D eigenvalue weighted by atomic mass is 10.2. The van der Waals surface area contributed by atoms with Gasteiger partial charge in [0.15, 0.2) is 0 Å². The number of benzene rings is 1. The lowest BCUT2D eigenvalue weighted by Crippen LogP contribution is -2.05. The van der Waals surface area contributed by atoms with Gasteiger partial charge in [-0.05, 0) is 60.6 Å². The normalized spacial score (nSPS) is 14.2.